The number of nitrogens with zero attached hydrogens (tertiary/aromatic N) is 4. The Morgan fingerprint density at radius 3 is 2.77 bits per heavy atom. The largest absolute Gasteiger partial charge is 0.493 e. The Labute approximate surface area is 177 Å². The molecule has 1 atom stereocenters. The maximum absolute atomic E-state index is 14.7. The zero-order valence-electron chi connectivity index (χ0n) is 17.1. The highest BCUT2D eigenvalue weighted by Gasteiger charge is 2.31. The van der Waals surface area contributed by atoms with Crippen LogP contribution < -0.4 is 14.8 Å². The number of halogens is 1. The first kappa shape index (κ1) is 18.1. The summed E-state index contributed by atoms with van der Waals surface area (Å²) in [7, 11) is 0. The van der Waals surface area contributed by atoms with Gasteiger partial charge in [-0.15, -0.1) is 10.2 Å². The van der Waals surface area contributed by atoms with Gasteiger partial charge in [0.1, 0.15) is 17.9 Å². The molecular weight excluding hydrogens is 397 g/mol. The van der Waals surface area contributed by atoms with Crippen LogP contribution in [-0.2, 0) is 6.54 Å². The van der Waals surface area contributed by atoms with Gasteiger partial charge >= 0.3 is 0 Å². The second-order valence-corrected chi connectivity index (χ2v) is 8.05. The quantitative estimate of drug-likeness (QED) is 0.504. The van der Waals surface area contributed by atoms with E-state index in [0.29, 0.717) is 42.5 Å². The van der Waals surface area contributed by atoms with Crippen LogP contribution in [0.2, 0.25) is 0 Å². The monoisotopic (exact) mass is 417 g/mol. The molecule has 6 rings (SSSR count). The van der Waals surface area contributed by atoms with E-state index in [1.54, 1.807) is 12.4 Å². The van der Waals surface area contributed by atoms with Crippen LogP contribution in [0.4, 0.5) is 10.2 Å². The van der Waals surface area contributed by atoms with E-state index in [1.807, 2.05) is 29.7 Å². The normalized spacial score (nSPS) is 16.9. The summed E-state index contributed by atoms with van der Waals surface area (Å²) in [6.45, 7) is 5.19. The molecule has 8 heteroatoms. The second-order valence-electron chi connectivity index (χ2n) is 8.05. The lowest BCUT2D eigenvalue weighted by molar-refractivity contribution is 0.249. The topological polar surface area (TPSA) is 73.6 Å². The van der Waals surface area contributed by atoms with Gasteiger partial charge in [0.05, 0.1) is 19.1 Å². The minimum atomic E-state index is -0.247. The number of nitrogens with one attached hydrogen (secondary N) is 1. The van der Waals surface area contributed by atoms with E-state index in [9.17, 15) is 4.39 Å². The molecule has 0 saturated heterocycles. The fraction of sp³-hybridized carbons (Fsp3) is 0.261. The van der Waals surface area contributed by atoms with E-state index in [-0.39, 0.29) is 11.7 Å². The summed E-state index contributed by atoms with van der Waals surface area (Å²) in [6, 6.07) is 7.17. The third-order valence-electron chi connectivity index (χ3n) is 6.06. The van der Waals surface area contributed by atoms with Gasteiger partial charge in [-0.1, -0.05) is 0 Å². The van der Waals surface area contributed by atoms with Crippen molar-refractivity contribution in [3.63, 3.8) is 0 Å². The molecule has 0 amide bonds. The summed E-state index contributed by atoms with van der Waals surface area (Å²) in [5.74, 6) is 1.80. The predicted octanol–water partition coefficient (Wildman–Crippen LogP) is 4.03. The Hall–Kier alpha value is -3.68. The van der Waals surface area contributed by atoms with Crippen molar-refractivity contribution < 1.29 is 13.9 Å². The Bertz CT molecular complexity index is 1350. The molecule has 0 radical (unpaired) electrons. The van der Waals surface area contributed by atoms with Gasteiger partial charge in [0.25, 0.3) is 0 Å². The average molecular weight is 417 g/mol. The Morgan fingerprint density at radius 2 is 1.94 bits per heavy atom. The van der Waals surface area contributed by atoms with Gasteiger partial charge in [0.15, 0.2) is 17.2 Å². The molecule has 0 bridgehead atoms. The number of aryl methyl sites for hydroxylation is 2. The van der Waals surface area contributed by atoms with Gasteiger partial charge < -0.3 is 14.8 Å². The van der Waals surface area contributed by atoms with Crippen molar-refractivity contribution in [2.24, 2.45) is 0 Å². The highest BCUT2D eigenvalue weighted by Crippen LogP contribution is 2.42. The molecule has 156 valence electrons. The van der Waals surface area contributed by atoms with E-state index < -0.39 is 0 Å². The van der Waals surface area contributed by atoms with E-state index in [1.165, 1.54) is 6.07 Å². The van der Waals surface area contributed by atoms with Gasteiger partial charge in [-0.3, -0.25) is 9.38 Å². The minimum absolute atomic E-state index is 0.0312. The van der Waals surface area contributed by atoms with Crippen LogP contribution in [0.5, 0.6) is 11.5 Å². The maximum atomic E-state index is 14.7. The lowest BCUT2D eigenvalue weighted by atomic mass is 9.96. The van der Waals surface area contributed by atoms with Crippen molar-refractivity contribution in [3.8, 4) is 22.6 Å². The van der Waals surface area contributed by atoms with E-state index in [2.05, 4.69) is 27.4 Å². The summed E-state index contributed by atoms with van der Waals surface area (Å²) >= 11 is 0. The van der Waals surface area contributed by atoms with Crippen molar-refractivity contribution in [2.75, 3.05) is 18.5 Å². The van der Waals surface area contributed by atoms with E-state index >= 15 is 0 Å². The van der Waals surface area contributed by atoms with Crippen LogP contribution in [0.1, 0.15) is 28.3 Å². The number of ether oxygens (including phenoxy) is 2. The molecule has 2 aliphatic heterocycles. The first-order valence-electron chi connectivity index (χ1n) is 10.2. The molecule has 0 unspecified atom stereocenters. The summed E-state index contributed by atoms with van der Waals surface area (Å²) in [5, 5.41) is 11.8. The lowest BCUT2D eigenvalue weighted by Gasteiger charge is -2.17. The molecule has 5 heterocycles. The van der Waals surface area contributed by atoms with E-state index in [4.69, 9.17) is 9.47 Å². The van der Waals surface area contributed by atoms with Crippen molar-refractivity contribution in [1.82, 2.24) is 19.6 Å². The van der Waals surface area contributed by atoms with Crippen molar-refractivity contribution >= 4 is 11.5 Å². The van der Waals surface area contributed by atoms with Crippen molar-refractivity contribution in [3.05, 3.63) is 65.0 Å². The molecule has 7 nitrogen and oxygen atoms in total. The maximum Gasteiger partial charge on any atom is 0.170 e. The van der Waals surface area contributed by atoms with Crippen LogP contribution in [0, 0.1) is 19.7 Å². The Balaban J connectivity index is 1.53. The van der Waals surface area contributed by atoms with Crippen LogP contribution in [0.25, 0.3) is 16.8 Å². The van der Waals surface area contributed by atoms with Gasteiger partial charge in [0.2, 0.25) is 0 Å². The van der Waals surface area contributed by atoms with Gasteiger partial charge in [-0.25, -0.2) is 4.39 Å². The van der Waals surface area contributed by atoms with Crippen LogP contribution in [-0.4, -0.2) is 32.8 Å². The number of benzene rings is 1. The zero-order valence-corrected chi connectivity index (χ0v) is 17.1. The summed E-state index contributed by atoms with van der Waals surface area (Å²) in [6.07, 6.45) is 3.50. The molecule has 1 N–H and O–H groups in total. The number of pyridine rings is 2. The van der Waals surface area contributed by atoms with Crippen molar-refractivity contribution in [2.45, 2.75) is 26.3 Å². The fourth-order valence-electron chi connectivity index (χ4n) is 4.56. The zero-order chi connectivity index (χ0) is 21.1. The first-order valence-corrected chi connectivity index (χ1v) is 10.2. The highest BCUT2D eigenvalue weighted by atomic mass is 19.1. The number of fused-ring (bicyclic) bond motifs is 3. The molecule has 2 aliphatic rings. The van der Waals surface area contributed by atoms with Crippen LogP contribution in [0.3, 0.4) is 0 Å². The second kappa shape index (κ2) is 6.66. The van der Waals surface area contributed by atoms with Crippen molar-refractivity contribution in [1.29, 1.82) is 0 Å². The summed E-state index contributed by atoms with van der Waals surface area (Å²) < 4.78 is 28.6. The molecular formula is C23H20FN5O2. The standard InChI is InChI=1S/C23H20FN5O2/c1-12-5-13(2)25-7-16(12)15-6-20-23(29-11-27-28-22(15)29)26-8-17-18(24)3-4-19-21(17)14(9-30-19)10-31-20/h3-7,11,14,26H,8-10H2,1-2H3/t14-/m0/s1. The van der Waals surface area contributed by atoms with Gasteiger partial charge in [-0.2, -0.15) is 0 Å². The molecule has 4 aromatic rings. The number of anilines is 1. The van der Waals surface area contributed by atoms with Crippen LogP contribution >= 0.6 is 0 Å². The summed E-state index contributed by atoms with van der Waals surface area (Å²) in [4.78, 5) is 4.47. The third-order valence-corrected chi connectivity index (χ3v) is 6.06. The minimum Gasteiger partial charge on any atom is -0.493 e. The first-order chi connectivity index (χ1) is 15.1. The van der Waals surface area contributed by atoms with Gasteiger partial charge in [0, 0.05) is 40.7 Å². The number of aromatic nitrogens is 4. The highest BCUT2D eigenvalue weighted by molar-refractivity contribution is 5.83. The number of hydrogen-bond donors (Lipinski definition) is 1. The van der Waals surface area contributed by atoms with Gasteiger partial charge in [-0.05, 0) is 43.7 Å². The Morgan fingerprint density at radius 1 is 1.10 bits per heavy atom. The Kier molecular flexibility index (Phi) is 3.89. The third kappa shape index (κ3) is 2.74. The molecule has 0 saturated carbocycles. The number of hydrogen-bond acceptors (Lipinski definition) is 6. The molecule has 31 heavy (non-hydrogen) atoms. The molecule has 0 fully saturated rings. The average Bonchev–Trinajstić information content (AvgIpc) is 3.40. The molecule has 3 aromatic heterocycles. The van der Waals surface area contributed by atoms with E-state index in [0.717, 1.165) is 33.7 Å². The molecule has 0 spiro atoms. The molecule has 0 aliphatic carbocycles. The van der Waals surface area contributed by atoms with Crippen LogP contribution in [0.15, 0.2) is 36.8 Å². The fourth-order valence-corrected chi connectivity index (χ4v) is 4.56. The predicted molar refractivity (Wildman–Crippen MR) is 113 cm³/mol. The number of rotatable bonds is 1. The lowest BCUT2D eigenvalue weighted by Crippen LogP contribution is -2.13. The summed E-state index contributed by atoms with van der Waals surface area (Å²) in [5.41, 5.74) is 6.08. The smallest absolute Gasteiger partial charge is 0.170 e. The molecule has 1 aromatic carbocycles. The SMILES string of the molecule is Cc1cc(C)c(-c2cc3c(n4cnnc24)NCc2c(F)ccc4c2[C@@H](CO4)CO3)cn1.